The fourth-order valence-electron chi connectivity index (χ4n) is 1.55. The number of sulfonamides is 1. The van der Waals surface area contributed by atoms with Crippen LogP contribution in [0.4, 0.5) is 24.5 Å². The van der Waals surface area contributed by atoms with E-state index in [1.165, 1.54) is 13.0 Å². The Morgan fingerprint density at radius 1 is 1.32 bits per heavy atom. The number of rotatable bonds is 4. The summed E-state index contributed by atoms with van der Waals surface area (Å²) in [6.45, 7) is 1.33. The van der Waals surface area contributed by atoms with E-state index in [9.17, 15) is 21.6 Å². The van der Waals surface area contributed by atoms with Crippen LogP contribution in [0.5, 0.6) is 0 Å². The Hall–Kier alpha value is -1.48. The van der Waals surface area contributed by atoms with Crippen molar-refractivity contribution in [1.82, 2.24) is 0 Å². The summed E-state index contributed by atoms with van der Waals surface area (Å²) in [5, 5.41) is 7.47. The van der Waals surface area contributed by atoms with Gasteiger partial charge in [0.2, 0.25) is 10.0 Å². The Morgan fingerprint density at radius 2 is 1.89 bits per heavy atom. The number of nitrogens with one attached hydrogen (secondary N) is 1. The quantitative estimate of drug-likeness (QED) is 0.736. The molecule has 0 aromatic heterocycles. The van der Waals surface area contributed by atoms with E-state index in [0.29, 0.717) is 0 Å². The van der Waals surface area contributed by atoms with Crippen LogP contribution in [0.25, 0.3) is 0 Å². The molecule has 0 spiro atoms. The van der Waals surface area contributed by atoms with Crippen LogP contribution in [0.3, 0.4) is 0 Å². The maximum atomic E-state index is 12.2. The summed E-state index contributed by atoms with van der Waals surface area (Å²) in [4.78, 5) is -0.255. The first-order valence-corrected chi connectivity index (χ1v) is 6.78. The molecule has 0 radical (unpaired) electrons. The van der Waals surface area contributed by atoms with Gasteiger partial charge in [-0.05, 0) is 25.1 Å². The number of hydrogen-bond donors (Lipinski definition) is 3. The van der Waals surface area contributed by atoms with E-state index < -0.39 is 28.7 Å². The van der Waals surface area contributed by atoms with Crippen molar-refractivity contribution in [3.63, 3.8) is 0 Å². The molecule has 0 aliphatic rings. The SMILES string of the molecule is CC(CC(F)(F)F)Nc1cc(N)cc(S(N)(=O)=O)c1. The maximum absolute atomic E-state index is 12.2. The van der Waals surface area contributed by atoms with E-state index in [0.717, 1.165) is 12.1 Å². The van der Waals surface area contributed by atoms with Crippen LogP contribution in [0.15, 0.2) is 23.1 Å². The third-order valence-corrected chi connectivity index (χ3v) is 3.10. The van der Waals surface area contributed by atoms with Crippen molar-refractivity contribution in [2.45, 2.75) is 30.5 Å². The summed E-state index contributed by atoms with van der Waals surface area (Å²) in [5.74, 6) is 0. The summed E-state index contributed by atoms with van der Waals surface area (Å²) in [6, 6.07) is 2.69. The molecule has 19 heavy (non-hydrogen) atoms. The first-order valence-electron chi connectivity index (χ1n) is 5.24. The molecule has 0 aliphatic heterocycles. The van der Waals surface area contributed by atoms with Gasteiger partial charge in [-0.1, -0.05) is 0 Å². The average molecular weight is 297 g/mol. The molecule has 9 heteroatoms. The molecule has 1 aromatic carbocycles. The molecule has 1 aromatic rings. The van der Waals surface area contributed by atoms with E-state index in [-0.39, 0.29) is 16.3 Å². The summed E-state index contributed by atoms with van der Waals surface area (Å²) in [5.41, 5.74) is 5.74. The Balaban J connectivity index is 2.94. The second kappa shape index (κ2) is 5.25. The van der Waals surface area contributed by atoms with Crippen molar-refractivity contribution < 1.29 is 21.6 Å². The predicted molar refractivity (Wildman–Crippen MR) is 66.0 cm³/mol. The highest BCUT2D eigenvalue weighted by atomic mass is 32.2. The Morgan fingerprint density at radius 3 is 2.37 bits per heavy atom. The van der Waals surface area contributed by atoms with Crippen LogP contribution < -0.4 is 16.2 Å². The number of alkyl halides is 3. The van der Waals surface area contributed by atoms with Gasteiger partial charge in [0.15, 0.2) is 0 Å². The zero-order valence-electron chi connectivity index (χ0n) is 10.0. The number of nitrogens with two attached hydrogens (primary N) is 2. The van der Waals surface area contributed by atoms with Gasteiger partial charge in [0.1, 0.15) is 0 Å². The standard InChI is InChI=1S/C10H14F3N3O2S/c1-6(5-10(11,12)13)16-8-2-7(14)3-9(4-8)19(15,17)18/h2-4,6,16H,5,14H2,1H3,(H2,15,17,18). The second-order valence-corrected chi connectivity index (χ2v) is 5.76. The van der Waals surface area contributed by atoms with Crippen molar-refractivity contribution in [2.75, 3.05) is 11.1 Å². The number of benzene rings is 1. The number of hydrogen-bond acceptors (Lipinski definition) is 4. The molecule has 0 saturated carbocycles. The van der Waals surface area contributed by atoms with Gasteiger partial charge < -0.3 is 11.1 Å². The Bertz CT molecular complexity index is 558. The first-order chi connectivity index (χ1) is 8.47. The molecule has 108 valence electrons. The topological polar surface area (TPSA) is 98.2 Å². The van der Waals surface area contributed by atoms with Crippen LogP contribution in [-0.4, -0.2) is 20.6 Å². The summed E-state index contributed by atoms with van der Waals surface area (Å²) in [7, 11) is -3.96. The minimum Gasteiger partial charge on any atom is -0.399 e. The van der Waals surface area contributed by atoms with Crippen molar-refractivity contribution in [2.24, 2.45) is 5.14 Å². The molecule has 0 aliphatic carbocycles. The summed E-state index contributed by atoms with van der Waals surface area (Å²) in [6.07, 6.45) is -5.36. The number of halogens is 3. The zero-order chi connectivity index (χ0) is 14.8. The van der Waals surface area contributed by atoms with E-state index >= 15 is 0 Å². The van der Waals surface area contributed by atoms with Crippen molar-refractivity contribution in [3.8, 4) is 0 Å². The number of primary sulfonamides is 1. The molecule has 0 amide bonds. The smallest absolute Gasteiger partial charge is 0.391 e. The van der Waals surface area contributed by atoms with Gasteiger partial charge in [0, 0.05) is 17.4 Å². The molecule has 5 N–H and O–H groups in total. The minimum atomic E-state index is -4.31. The Labute approximate surface area is 108 Å². The van der Waals surface area contributed by atoms with Crippen LogP contribution >= 0.6 is 0 Å². The zero-order valence-corrected chi connectivity index (χ0v) is 10.8. The van der Waals surface area contributed by atoms with Gasteiger partial charge in [-0.25, -0.2) is 13.6 Å². The van der Waals surface area contributed by atoms with Gasteiger partial charge in [-0.2, -0.15) is 13.2 Å². The number of nitrogen functional groups attached to an aromatic ring is 1. The molecule has 0 bridgehead atoms. The second-order valence-electron chi connectivity index (χ2n) is 4.20. The van der Waals surface area contributed by atoms with Crippen molar-refractivity contribution in [1.29, 1.82) is 0 Å². The lowest BCUT2D eigenvalue weighted by atomic mass is 10.2. The lowest BCUT2D eigenvalue weighted by Crippen LogP contribution is -2.24. The molecule has 1 rings (SSSR count). The van der Waals surface area contributed by atoms with Crippen molar-refractivity contribution in [3.05, 3.63) is 18.2 Å². The van der Waals surface area contributed by atoms with Crippen LogP contribution in [0.1, 0.15) is 13.3 Å². The van der Waals surface area contributed by atoms with Gasteiger partial charge >= 0.3 is 6.18 Å². The average Bonchev–Trinajstić information content (AvgIpc) is 2.11. The fourth-order valence-corrected chi connectivity index (χ4v) is 2.14. The lowest BCUT2D eigenvalue weighted by Gasteiger charge is -2.17. The van der Waals surface area contributed by atoms with E-state index in [1.807, 2.05) is 0 Å². The Kier molecular flexibility index (Phi) is 4.31. The molecule has 0 fully saturated rings. The summed E-state index contributed by atoms with van der Waals surface area (Å²) < 4.78 is 58.9. The third kappa shape index (κ3) is 5.35. The molecule has 5 nitrogen and oxygen atoms in total. The fraction of sp³-hybridized carbons (Fsp3) is 0.400. The third-order valence-electron chi connectivity index (χ3n) is 2.21. The van der Waals surface area contributed by atoms with E-state index in [1.54, 1.807) is 0 Å². The largest absolute Gasteiger partial charge is 0.399 e. The normalized spacial score (nSPS) is 14.2. The van der Waals surface area contributed by atoms with Crippen LogP contribution in [-0.2, 0) is 10.0 Å². The van der Waals surface area contributed by atoms with Gasteiger partial charge in [0.05, 0.1) is 11.3 Å². The van der Waals surface area contributed by atoms with Gasteiger partial charge in [0.25, 0.3) is 0 Å². The molecular weight excluding hydrogens is 283 g/mol. The molecule has 0 heterocycles. The highest BCUT2D eigenvalue weighted by Gasteiger charge is 2.30. The molecule has 1 unspecified atom stereocenters. The predicted octanol–water partition coefficient (Wildman–Crippen LogP) is 1.67. The van der Waals surface area contributed by atoms with E-state index in [4.69, 9.17) is 10.9 Å². The highest BCUT2D eigenvalue weighted by Crippen LogP contribution is 2.25. The molecule has 0 saturated heterocycles. The van der Waals surface area contributed by atoms with Crippen molar-refractivity contribution >= 4 is 21.4 Å². The molecular formula is C10H14F3N3O2S. The monoisotopic (exact) mass is 297 g/mol. The van der Waals surface area contributed by atoms with Crippen LogP contribution in [0.2, 0.25) is 0 Å². The number of anilines is 2. The van der Waals surface area contributed by atoms with E-state index in [2.05, 4.69) is 5.32 Å². The van der Waals surface area contributed by atoms with Crippen LogP contribution in [0, 0.1) is 0 Å². The summed E-state index contributed by atoms with van der Waals surface area (Å²) >= 11 is 0. The highest BCUT2D eigenvalue weighted by molar-refractivity contribution is 7.89. The van der Waals surface area contributed by atoms with Gasteiger partial charge in [-0.3, -0.25) is 0 Å². The maximum Gasteiger partial charge on any atom is 0.391 e. The van der Waals surface area contributed by atoms with Gasteiger partial charge in [-0.15, -0.1) is 0 Å². The molecule has 1 atom stereocenters. The minimum absolute atomic E-state index is 0.0910. The first kappa shape index (κ1) is 15.6. The lowest BCUT2D eigenvalue weighted by molar-refractivity contribution is -0.136.